The van der Waals surface area contributed by atoms with Crippen molar-refractivity contribution in [2.45, 2.75) is 13.1 Å². The zero-order chi connectivity index (χ0) is 22.8. The molecule has 1 amide bonds. The van der Waals surface area contributed by atoms with Gasteiger partial charge in [0.25, 0.3) is 5.91 Å². The maximum absolute atomic E-state index is 14.1. The number of halogens is 1. The van der Waals surface area contributed by atoms with Crippen molar-refractivity contribution in [3.8, 4) is 0 Å². The van der Waals surface area contributed by atoms with E-state index >= 15 is 0 Å². The molecule has 2 heterocycles. The van der Waals surface area contributed by atoms with Gasteiger partial charge in [0.2, 0.25) is 0 Å². The highest BCUT2D eigenvalue weighted by Gasteiger charge is 2.19. The molecule has 0 fully saturated rings. The van der Waals surface area contributed by atoms with Crippen molar-refractivity contribution >= 4 is 45.0 Å². The summed E-state index contributed by atoms with van der Waals surface area (Å²) >= 11 is 5.65. The number of H-pyrrole nitrogens is 2. The molecule has 5 rings (SSSR count). The van der Waals surface area contributed by atoms with E-state index in [2.05, 4.69) is 15.3 Å². The number of thiocarbonyl (C=S) groups is 1. The molecule has 0 saturated heterocycles. The monoisotopic (exact) mass is 456 g/mol. The molecule has 0 aliphatic heterocycles. The van der Waals surface area contributed by atoms with E-state index in [9.17, 15) is 9.18 Å². The second-order valence-corrected chi connectivity index (χ2v) is 8.19. The van der Waals surface area contributed by atoms with Gasteiger partial charge in [-0.05, 0) is 59.7 Å². The number of aromatic nitrogens is 2. The molecule has 3 aromatic carbocycles. The molecule has 0 aliphatic carbocycles. The van der Waals surface area contributed by atoms with Crippen LogP contribution in [0, 0.1) is 5.82 Å². The Morgan fingerprint density at radius 2 is 1.39 bits per heavy atom. The Balaban J connectivity index is 1.47. The Morgan fingerprint density at radius 1 is 0.818 bits per heavy atom. The number of hydrogen-bond acceptors (Lipinski definition) is 2. The number of carbonyl (C=O) groups excluding carboxylic acids is 1. The summed E-state index contributed by atoms with van der Waals surface area (Å²) in [6.07, 6.45) is 3.80. The summed E-state index contributed by atoms with van der Waals surface area (Å²) in [5.41, 5.74) is 4.15. The second-order valence-electron chi connectivity index (χ2n) is 7.81. The molecule has 33 heavy (non-hydrogen) atoms. The SMILES string of the molecule is O=C(NC(=S)N(Cc1cccc2[nH]ccc12)Cc1cccc2[nH]ccc12)c1ccccc1F. The van der Waals surface area contributed by atoms with E-state index in [1.807, 2.05) is 65.8 Å². The quantitative estimate of drug-likeness (QED) is 0.306. The van der Waals surface area contributed by atoms with Crippen molar-refractivity contribution in [3.05, 3.63) is 108 Å². The highest BCUT2D eigenvalue weighted by Crippen LogP contribution is 2.23. The standard InChI is InChI=1S/C26H21FN4OS/c27-22-8-2-1-7-21(22)25(32)30-26(33)31(15-17-5-3-9-23-19(17)11-13-28-23)16-18-6-4-10-24-20(18)12-14-29-24/h1-14,28-29H,15-16H2,(H,30,32,33). The van der Waals surface area contributed by atoms with E-state index in [1.165, 1.54) is 12.1 Å². The summed E-state index contributed by atoms with van der Waals surface area (Å²) in [6, 6.07) is 22.0. The van der Waals surface area contributed by atoms with Gasteiger partial charge in [0.05, 0.1) is 5.56 Å². The number of benzene rings is 3. The number of nitrogens with one attached hydrogen (secondary N) is 3. The molecular formula is C26H21FN4OS. The summed E-state index contributed by atoms with van der Waals surface area (Å²) < 4.78 is 14.1. The van der Waals surface area contributed by atoms with Crippen molar-refractivity contribution in [2.75, 3.05) is 0 Å². The summed E-state index contributed by atoms with van der Waals surface area (Å²) in [5, 5.41) is 5.14. The average molecular weight is 457 g/mol. The van der Waals surface area contributed by atoms with Crippen LogP contribution in [0.4, 0.5) is 4.39 Å². The van der Waals surface area contributed by atoms with Gasteiger partial charge in [-0.3, -0.25) is 10.1 Å². The molecule has 2 aromatic heterocycles. The van der Waals surface area contributed by atoms with Crippen LogP contribution in [-0.2, 0) is 13.1 Å². The lowest BCUT2D eigenvalue weighted by molar-refractivity contribution is 0.0968. The fourth-order valence-electron chi connectivity index (χ4n) is 4.08. The van der Waals surface area contributed by atoms with E-state index in [0.717, 1.165) is 32.9 Å². The fourth-order valence-corrected chi connectivity index (χ4v) is 4.30. The lowest BCUT2D eigenvalue weighted by Gasteiger charge is -2.26. The lowest BCUT2D eigenvalue weighted by atomic mass is 10.1. The van der Waals surface area contributed by atoms with Gasteiger partial charge in [-0.1, -0.05) is 36.4 Å². The lowest BCUT2D eigenvalue weighted by Crippen LogP contribution is -2.42. The van der Waals surface area contributed by atoms with Gasteiger partial charge < -0.3 is 14.9 Å². The minimum absolute atomic E-state index is 0.0414. The molecular weight excluding hydrogens is 435 g/mol. The van der Waals surface area contributed by atoms with Gasteiger partial charge in [0.1, 0.15) is 5.82 Å². The minimum Gasteiger partial charge on any atom is -0.361 e. The number of hydrogen-bond donors (Lipinski definition) is 3. The summed E-state index contributed by atoms with van der Waals surface area (Å²) in [5.74, 6) is -1.15. The maximum Gasteiger partial charge on any atom is 0.260 e. The van der Waals surface area contributed by atoms with Gasteiger partial charge in [-0.25, -0.2) is 4.39 Å². The molecule has 3 N–H and O–H groups in total. The molecule has 0 saturated carbocycles. The smallest absolute Gasteiger partial charge is 0.260 e. The Morgan fingerprint density at radius 3 is 1.97 bits per heavy atom. The first-order valence-corrected chi connectivity index (χ1v) is 11.0. The van der Waals surface area contributed by atoms with Crippen molar-refractivity contribution < 1.29 is 9.18 Å². The van der Waals surface area contributed by atoms with E-state index in [4.69, 9.17) is 12.2 Å². The molecule has 0 aliphatic rings. The highest BCUT2D eigenvalue weighted by molar-refractivity contribution is 7.80. The fraction of sp³-hybridized carbons (Fsp3) is 0.0769. The van der Waals surface area contributed by atoms with Crippen LogP contribution in [0.25, 0.3) is 21.8 Å². The molecule has 5 aromatic rings. The highest BCUT2D eigenvalue weighted by atomic mass is 32.1. The van der Waals surface area contributed by atoms with Crippen LogP contribution in [0.5, 0.6) is 0 Å². The Labute approximate surface area is 195 Å². The first-order chi connectivity index (χ1) is 16.1. The second kappa shape index (κ2) is 8.88. The molecule has 7 heteroatoms. The zero-order valence-electron chi connectivity index (χ0n) is 17.6. The Hall–Kier alpha value is -3.97. The number of nitrogens with zero attached hydrogens (tertiary/aromatic N) is 1. The summed E-state index contributed by atoms with van der Waals surface area (Å²) in [4.78, 5) is 21.1. The van der Waals surface area contributed by atoms with Crippen LogP contribution in [0.15, 0.2) is 85.2 Å². The van der Waals surface area contributed by atoms with Crippen LogP contribution in [0.2, 0.25) is 0 Å². The normalized spacial score (nSPS) is 11.1. The van der Waals surface area contributed by atoms with E-state index in [0.29, 0.717) is 13.1 Å². The van der Waals surface area contributed by atoms with Gasteiger partial charge in [0.15, 0.2) is 5.11 Å². The van der Waals surface area contributed by atoms with Gasteiger partial charge in [0, 0.05) is 47.3 Å². The number of fused-ring (bicyclic) bond motifs is 2. The van der Waals surface area contributed by atoms with Crippen LogP contribution in [0.1, 0.15) is 21.5 Å². The van der Waals surface area contributed by atoms with Gasteiger partial charge in [-0.2, -0.15) is 0 Å². The van der Waals surface area contributed by atoms with Crippen molar-refractivity contribution in [1.82, 2.24) is 20.2 Å². The van der Waals surface area contributed by atoms with Crippen LogP contribution in [0.3, 0.4) is 0 Å². The van der Waals surface area contributed by atoms with Crippen molar-refractivity contribution in [2.24, 2.45) is 0 Å². The van der Waals surface area contributed by atoms with Crippen molar-refractivity contribution in [3.63, 3.8) is 0 Å². The third-order valence-electron chi connectivity index (χ3n) is 5.72. The number of rotatable bonds is 5. The number of aromatic amines is 2. The molecule has 0 spiro atoms. The average Bonchev–Trinajstić information content (AvgIpc) is 3.49. The molecule has 0 atom stereocenters. The summed E-state index contributed by atoms with van der Waals surface area (Å²) in [7, 11) is 0. The minimum atomic E-state index is -0.585. The largest absolute Gasteiger partial charge is 0.361 e. The Kier molecular flexibility index (Phi) is 5.62. The van der Waals surface area contributed by atoms with Crippen LogP contribution < -0.4 is 5.32 Å². The molecule has 164 valence electrons. The first kappa shape index (κ1) is 20.9. The maximum atomic E-state index is 14.1. The Bertz CT molecular complexity index is 1400. The third-order valence-corrected chi connectivity index (χ3v) is 6.08. The molecule has 0 radical (unpaired) electrons. The first-order valence-electron chi connectivity index (χ1n) is 10.5. The zero-order valence-corrected chi connectivity index (χ0v) is 18.5. The van der Waals surface area contributed by atoms with Crippen molar-refractivity contribution in [1.29, 1.82) is 0 Å². The van der Waals surface area contributed by atoms with E-state index < -0.39 is 11.7 Å². The number of carbonyl (C=O) groups is 1. The van der Waals surface area contributed by atoms with E-state index in [-0.39, 0.29) is 10.7 Å². The van der Waals surface area contributed by atoms with Crippen LogP contribution >= 0.6 is 12.2 Å². The van der Waals surface area contributed by atoms with Gasteiger partial charge >= 0.3 is 0 Å². The predicted molar refractivity (Wildman–Crippen MR) is 132 cm³/mol. The van der Waals surface area contributed by atoms with E-state index in [1.54, 1.807) is 12.1 Å². The predicted octanol–water partition coefficient (Wildman–Crippen LogP) is 5.51. The van der Waals surface area contributed by atoms with Gasteiger partial charge in [-0.15, -0.1) is 0 Å². The topological polar surface area (TPSA) is 63.9 Å². The molecule has 5 nitrogen and oxygen atoms in total. The summed E-state index contributed by atoms with van der Waals surface area (Å²) in [6.45, 7) is 0.957. The number of amides is 1. The third kappa shape index (κ3) is 4.23. The van der Waals surface area contributed by atoms with Crippen LogP contribution in [-0.4, -0.2) is 25.9 Å². The molecule has 0 unspecified atom stereocenters. The molecule has 0 bridgehead atoms.